The molecule has 0 saturated carbocycles. The lowest BCUT2D eigenvalue weighted by molar-refractivity contribution is 0.402. The molecule has 0 bridgehead atoms. The van der Waals surface area contributed by atoms with Gasteiger partial charge in [0.1, 0.15) is 0 Å². The predicted octanol–water partition coefficient (Wildman–Crippen LogP) is 1.37. The number of aryl methyl sites for hydroxylation is 2. The van der Waals surface area contributed by atoms with E-state index in [4.69, 9.17) is 0 Å². The highest BCUT2D eigenvalue weighted by Crippen LogP contribution is 2.31. The molecule has 0 spiro atoms. The minimum absolute atomic E-state index is 0.221. The molecular weight excluding hydrogens is 282 g/mol. The summed E-state index contributed by atoms with van der Waals surface area (Å²) in [6.07, 6.45) is 5.06. The van der Waals surface area contributed by atoms with Crippen LogP contribution in [0.4, 0.5) is 5.13 Å². The second-order valence-corrected chi connectivity index (χ2v) is 8.17. The Morgan fingerprint density at radius 1 is 1.32 bits per heavy atom. The van der Waals surface area contributed by atoms with Crippen LogP contribution in [0.25, 0.3) is 0 Å². The number of thiazole rings is 1. The maximum absolute atomic E-state index is 12.1. The number of anilines is 1. The maximum atomic E-state index is 12.1. The minimum atomic E-state index is -3.25. The van der Waals surface area contributed by atoms with Gasteiger partial charge in [-0.25, -0.2) is 13.4 Å². The number of fused-ring (bicyclic) bond motifs is 1. The smallest absolute Gasteiger partial charge is 0.234 e. The number of aromatic nitrogens is 1. The van der Waals surface area contributed by atoms with Crippen LogP contribution in [0.1, 0.15) is 29.8 Å². The van der Waals surface area contributed by atoms with Gasteiger partial charge in [-0.05, 0) is 51.1 Å². The Morgan fingerprint density at radius 2 is 2.11 bits per heavy atom. The van der Waals surface area contributed by atoms with Crippen molar-refractivity contribution in [3.8, 4) is 0 Å². The van der Waals surface area contributed by atoms with E-state index in [2.05, 4.69) is 15.0 Å². The summed E-state index contributed by atoms with van der Waals surface area (Å²) in [4.78, 5) is 5.63. The SMILES string of the molecule is O=S(=O)(CC1CCNCC1)Nc1nc2c(s1)CCC2. The van der Waals surface area contributed by atoms with Gasteiger partial charge in [-0.2, -0.15) is 0 Å². The molecule has 1 saturated heterocycles. The van der Waals surface area contributed by atoms with Gasteiger partial charge in [-0.15, -0.1) is 11.3 Å². The molecule has 0 radical (unpaired) electrons. The van der Waals surface area contributed by atoms with Gasteiger partial charge in [0.25, 0.3) is 0 Å². The zero-order valence-electron chi connectivity index (χ0n) is 10.8. The highest BCUT2D eigenvalue weighted by Gasteiger charge is 2.23. The van der Waals surface area contributed by atoms with Crippen molar-refractivity contribution in [3.05, 3.63) is 10.6 Å². The molecule has 3 rings (SSSR count). The highest BCUT2D eigenvalue weighted by molar-refractivity contribution is 7.92. The maximum Gasteiger partial charge on any atom is 0.234 e. The molecule has 106 valence electrons. The first-order valence-electron chi connectivity index (χ1n) is 6.82. The molecule has 0 amide bonds. The Bertz CT molecular complexity index is 526. The van der Waals surface area contributed by atoms with Crippen molar-refractivity contribution < 1.29 is 8.42 Å². The molecule has 1 aliphatic carbocycles. The van der Waals surface area contributed by atoms with Crippen LogP contribution in [0.2, 0.25) is 0 Å². The minimum Gasteiger partial charge on any atom is -0.317 e. The molecule has 2 heterocycles. The fourth-order valence-electron chi connectivity index (χ4n) is 2.77. The van der Waals surface area contributed by atoms with Gasteiger partial charge in [0.2, 0.25) is 10.0 Å². The molecule has 7 heteroatoms. The van der Waals surface area contributed by atoms with Crippen molar-refractivity contribution in [1.29, 1.82) is 0 Å². The monoisotopic (exact) mass is 301 g/mol. The summed E-state index contributed by atoms with van der Waals surface area (Å²) in [6.45, 7) is 1.84. The molecule has 1 aromatic rings. The molecule has 1 fully saturated rings. The third-order valence-corrected chi connectivity index (χ3v) is 6.37. The first-order valence-corrected chi connectivity index (χ1v) is 9.29. The Balaban J connectivity index is 1.63. The average Bonchev–Trinajstić information content (AvgIpc) is 2.89. The molecule has 19 heavy (non-hydrogen) atoms. The van der Waals surface area contributed by atoms with Gasteiger partial charge in [0, 0.05) is 4.88 Å². The first-order chi connectivity index (χ1) is 9.12. The lowest BCUT2D eigenvalue weighted by atomic mass is 10.0. The largest absolute Gasteiger partial charge is 0.317 e. The zero-order chi connectivity index (χ0) is 13.3. The zero-order valence-corrected chi connectivity index (χ0v) is 12.4. The van der Waals surface area contributed by atoms with Crippen LogP contribution >= 0.6 is 11.3 Å². The van der Waals surface area contributed by atoms with Gasteiger partial charge in [-0.1, -0.05) is 0 Å². The number of hydrogen-bond donors (Lipinski definition) is 2. The van der Waals surface area contributed by atoms with Gasteiger partial charge < -0.3 is 5.32 Å². The number of nitrogens with one attached hydrogen (secondary N) is 2. The van der Waals surface area contributed by atoms with E-state index in [-0.39, 0.29) is 11.7 Å². The fourth-order valence-corrected chi connectivity index (χ4v) is 5.57. The summed E-state index contributed by atoms with van der Waals surface area (Å²) in [5.41, 5.74) is 1.09. The number of nitrogens with zero attached hydrogens (tertiary/aromatic N) is 1. The molecule has 1 aromatic heterocycles. The molecule has 0 unspecified atom stereocenters. The summed E-state index contributed by atoms with van der Waals surface area (Å²) < 4.78 is 26.9. The van der Waals surface area contributed by atoms with Crippen molar-refractivity contribution in [1.82, 2.24) is 10.3 Å². The Kier molecular flexibility index (Phi) is 3.77. The number of piperidine rings is 1. The lowest BCUT2D eigenvalue weighted by Crippen LogP contribution is -2.33. The third-order valence-electron chi connectivity index (χ3n) is 3.75. The van der Waals surface area contributed by atoms with E-state index in [0.717, 1.165) is 50.9 Å². The number of rotatable bonds is 4. The predicted molar refractivity (Wildman–Crippen MR) is 77.1 cm³/mol. The quantitative estimate of drug-likeness (QED) is 0.881. The summed E-state index contributed by atoms with van der Waals surface area (Å²) in [6, 6.07) is 0. The van der Waals surface area contributed by atoms with Crippen LogP contribution in [0, 0.1) is 5.92 Å². The summed E-state index contributed by atoms with van der Waals surface area (Å²) >= 11 is 1.50. The van der Waals surface area contributed by atoms with Crippen molar-refractivity contribution in [2.45, 2.75) is 32.1 Å². The van der Waals surface area contributed by atoms with Gasteiger partial charge in [0.15, 0.2) is 5.13 Å². The van der Waals surface area contributed by atoms with E-state index in [1.807, 2.05) is 0 Å². The Hall–Kier alpha value is -0.660. The molecular formula is C12H19N3O2S2. The van der Waals surface area contributed by atoms with Crippen LogP contribution < -0.4 is 10.0 Å². The molecule has 1 aliphatic heterocycles. The van der Waals surface area contributed by atoms with Crippen LogP contribution in [0.15, 0.2) is 0 Å². The van der Waals surface area contributed by atoms with E-state index in [0.29, 0.717) is 5.13 Å². The molecule has 5 nitrogen and oxygen atoms in total. The van der Waals surface area contributed by atoms with Crippen LogP contribution in [0.5, 0.6) is 0 Å². The van der Waals surface area contributed by atoms with Gasteiger partial charge in [0.05, 0.1) is 11.4 Å². The van der Waals surface area contributed by atoms with Crippen molar-refractivity contribution >= 4 is 26.5 Å². The Labute approximate surface area is 117 Å². The Morgan fingerprint density at radius 3 is 2.84 bits per heavy atom. The average molecular weight is 301 g/mol. The summed E-state index contributed by atoms with van der Waals surface area (Å²) in [7, 11) is -3.25. The lowest BCUT2D eigenvalue weighted by Gasteiger charge is -2.22. The summed E-state index contributed by atoms with van der Waals surface area (Å²) in [5, 5.41) is 3.80. The third kappa shape index (κ3) is 3.27. The fraction of sp³-hybridized carbons (Fsp3) is 0.750. The molecule has 2 N–H and O–H groups in total. The van der Waals surface area contributed by atoms with Crippen LogP contribution in [-0.2, 0) is 22.9 Å². The van der Waals surface area contributed by atoms with E-state index in [1.54, 1.807) is 0 Å². The van der Waals surface area contributed by atoms with Gasteiger partial charge in [-0.3, -0.25) is 4.72 Å². The number of hydrogen-bond acceptors (Lipinski definition) is 5. The summed E-state index contributed by atoms with van der Waals surface area (Å²) in [5.74, 6) is 0.490. The van der Waals surface area contributed by atoms with Crippen molar-refractivity contribution in [3.63, 3.8) is 0 Å². The van der Waals surface area contributed by atoms with Crippen LogP contribution in [-0.4, -0.2) is 32.2 Å². The second kappa shape index (κ2) is 5.38. The molecule has 0 atom stereocenters. The van der Waals surface area contributed by atoms with E-state index < -0.39 is 10.0 Å². The van der Waals surface area contributed by atoms with Crippen molar-refractivity contribution in [2.75, 3.05) is 23.6 Å². The van der Waals surface area contributed by atoms with E-state index >= 15 is 0 Å². The molecule has 0 aromatic carbocycles. The number of sulfonamides is 1. The van der Waals surface area contributed by atoms with Crippen molar-refractivity contribution in [2.24, 2.45) is 5.92 Å². The first kappa shape index (κ1) is 13.3. The second-order valence-electron chi connectivity index (χ2n) is 5.32. The standard InChI is InChI=1S/C12H19N3O2S2/c16-19(17,8-9-4-6-13-7-5-9)15-12-14-10-2-1-3-11(10)18-12/h9,13H,1-8H2,(H,14,15). The molecule has 2 aliphatic rings. The highest BCUT2D eigenvalue weighted by atomic mass is 32.2. The van der Waals surface area contributed by atoms with E-state index in [9.17, 15) is 8.42 Å². The topological polar surface area (TPSA) is 71.1 Å². The normalized spacial score (nSPS) is 20.4. The van der Waals surface area contributed by atoms with E-state index in [1.165, 1.54) is 16.2 Å². The van der Waals surface area contributed by atoms with Crippen LogP contribution in [0.3, 0.4) is 0 Å². The van der Waals surface area contributed by atoms with Gasteiger partial charge >= 0.3 is 0 Å².